The van der Waals surface area contributed by atoms with Gasteiger partial charge >= 0.3 is 5.97 Å². The van der Waals surface area contributed by atoms with Crippen LogP contribution in [0.2, 0.25) is 0 Å². The van der Waals surface area contributed by atoms with Gasteiger partial charge < -0.3 is 9.26 Å². The van der Waals surface area contributed by atoms with Crippen molar-refractivity contribution in [1.29, 1.82) is 0 Å². The maximum atomic E-state index is 11.4. The van der Waals surface area contributed by atoms with Crippen LogP contribution < -0.4 is 0 Å². The molecule has 0 amide bonds. The van der Waals surface area contributed by atoms with Crippen LogP contribution in [-0.4, -0.2) is 40.7 Å². The molecule has 0 unspecified atom stereocenters. The summed E-state index contributed by atoms with van der Waals surface area (Å²) in [5.41, 5.74) is 0. The lowest BCUT2D eigenvalue weighted by molar-refractivity contribution is -0.142. The number of hydrogen-bond acceptors (Lipinski definition) is 6. The van der Waals surface area contributed by atoms with E-state index in [2.05, 4.69) is 15.0 Å². The van der Waals surface area contributed by atoms with E-state index >= 15 is 0 Å². The zero-order chi connectivity index (χ0) is 12.1. The Hall–Kier alpha value is -1.43. The monoisotopic (exact) mass is 239 g/mol. The van der Waals surface area contributed by atoms with E-state index in [0.717, 1.165) is 12.8 Å². The van der Waals surface area contributed by atoms with Gasteiger partial charge in [0.05, 0.1) is 20.2 Å². The molecule has 2 rings (SSSR count). The summed E-state index contributed by atoms with van der Waals surface area (Å²) in [6, 6.07) is 0.424. The zero-order valence-electron chi connectivity index (χ0n) is 9.96. The highest BCUT2D eigenvalue weighted by molar-refractivity contribution is 5.71. The largest absolute Gasteiger partial charge is 0.468 e. The predicted molar refractivity (Wildman–Crippen MR) is 59.0 cm³/mol. The molecular formula is C11H17N3O3. The maximum Gasteiger partial charge on any atom is 0.319 e. The van der Waals surface area contributed by atoms with Gasteiger partial charge in [0.15, 0.2) is 5.82 Å². The summed E-state index contributed by atoms with van der Waals surface area (Å²) in [4.78, 5) is 17.4. The lowest BCUT2D eigenvalue weighted by Gasteiger charge is -2.26. The summed E-state index contributed by atoms with van der Waals surface area (Å²) in [5.74, 6) is 0.390. The van der Waals surface area contributed by atoms with Crippen LogP contribution in [0.4, 0.5) is 0 Å². The van der Waals surface area contributed by atoms with Crippen molar-refractivity contribution in [3.63, 3.8) is 0 Å². The molecule has 1 saturated carbocycles. The number of esters is 1. The molecule has 94 valence electrons. The number of carbonyl (C=O) groups is 1. The summed E-state index contributed by atoms with van der Waals surface area (Å²) >= 11 is 0. The number of methoxy groups -OCH3 is 1. The molecule has 0 atom stereocenters. The molecule has 1 aromatic heterocycles. The first kappa shape index (κ1) is 12.0. The van der Waals surface area contributed by atoms with Gasteiger partial charge in [-0.2, -0.15) is 4.98 Å². The fraction of sp³-hybridized carbons (Fsp3) is 0.727. The Balaban J connectivity index is 1.98. The number of aromatic nitrogens is 2. The minimum Gasteiger partial charge on any atom is -0.468 e. The molecule has 6 heteroatoms. The average Bonchev–Trinajstić information content (AvgIpc) is 3.00. The summed E-state index contributed by atoms with van der Waals surface area (Å²) < 4.78 is 9.42. The van der Waals surface area contributed by atoms with Crippen molar-refractivity contribution in [2.45, 2.75) is 38.3 Å². The van der Waals surface area contributed by atoms with E-state index in [0.29, 0.717) is 18.4 Å². The molecule has 0 spiro atoms. The van der Waals surface area contributed by atoms with Gasteiger partial charge in [-0.05, 0) is 12.8 Å². The highest BCUT2D eigenvalue weighted by Crippen LogP contribution is 2.24. The van der Waals surface area contributed by atoms with E-state index in [4.69, 9.17) is 9.26 Å². The second-order valence-corrected chi connectivity index (χ2v) is 4.27. The van der Waals surface area contributed by atoms with Crippen molar-refractivity contribution in [2.75, 3.05) is 13.7 Å². The Bertz CT molecular complexity index is 347. The van der Waals surface area contributed by atoms with Crippen LogP contribution in [0, 0.1) is 0 Å². The Labute approximate surface area is 99.9 Å². The number of carbonyl (C=O) groups excluding carboxylic acids is 1. The van der Waals surface area contributed by atoms with Crippen LogP contribution in [0.1, 0.15) is 31.5 Å². The third kappa shape index (κ3) is 3.26. The van der Waals surface area contributed by atoms with E-state index < -0.39 is 0 Å². The summed E-state index contributed by atoms with van der Waals surface area (Å²) in [7, 11) is 1.41. The molecule has 6 nitrogen and oxygen atoms in total. The van der Waals surface area contributed by atoms with Crippen molar-refractivity contribution in [2.24, 2.45) is 0 Å². The SMILES string of the molecule is COC(=O)CN(Cc1ncon1)C1CCCC1. The summed E-state index contributed by atoms with van der Waals surface area (Å²) in [6.07, 6.45) is 5.98. The normalized spacial score (nSPS) is 16.6. The van der Waals surface area contributed by atoms with Crippen LogP contribution in [0.5, 0.6) is 0 Å². The maximum absolute atomic E-state index is 11.4. The standard InChI is InChI=1S/C11H17N3O3/c1-16-11(15)7-14(9-4-2-3-5-9)6-10-12-8-17-13-10/h8-9H,2-7H2,1H3. The van der Waals surface area contributed by atoms with Crippen molar-refractivity contribution in [3.05, 3.63) is 12.2 Å². The first-order valence-corrected chi connectivity index (χ1v) is 5.85. The molecule has 0 aromatic carbocycles. The van der Waals surface area contributed by atoms with E-state index in [1.165, 1.54) is 26.3 Å². The van der Waals surface area contributed by atoms with Crippen molar-refractivity contribution >= 4 is 5.97 Å². The third-order valence-corrected chi connectivity index (χ3v) is 3.15. The quantitative estimate of drug-likeness (QED) is 0.714. The van der Waals surface area contributed by atoms with E-state index in [1.54, 1.807) is 0 Å². The second-order valence-electron chi connectivity index (χ2n) is 4.27. The predicted octanol–water partition coefficient (Wildman–Crippen LogP) is 0.987. The molecule has 1 fully saturated rings. The highest BCUT2D eigenvalue weighted by atomic mass is 16.5. The molecular weight excluding hydrogens is 222 g/mol. The molecule has 0 N–H and O–H groups in total. The average molecular weight is 239 g/mol. The molecule has 0 bridgehead atoms. The number of ether oxygens (including phenoxy) is 1. The second kappa shape index (κ2) is 5.77. The lowest BCUT2D eigenvalue weighted by Crippen LogP contribution is -2.37. The molecule has 0 radical (unpaired) electrons. The molecule has 1 aromatic rings. The van der Waals surface area contributed by atoms with Gasteiger partial charge in [0, 0.05) is 6.04 Å². The van der Waals surface area contributed by atoms with Gasteiger partial charge in [-0.3, -0.25) is 9.69 Å². The van der Waals surface area contributed by atoms with E-state index in [-0.39, 0.29) is 12.5 Å². The molecule has 1 aliphatic rings. The van der Waals surface area contributed by atoms with Gasteiger partial charge in [-0.15, -0.1) is 0 Å². The van der Waals surface area contributed by atoms with Crippen molar-refractivity contribution in [3.8, 4) is 0 Å². The zero-order valence-corrected chi connectivity index (χ0v) is 9.96. The van der Waals surface area contributed by atoms with E-state index in [1.807, 2.05) is 0 Å². The molecule has 0 aliphatic heterocycles. The fourth-order valence-electron chi connectivity index (χ4n) is 2.26. The van der Waals surface area contributed by atoms with Gasteiger partial charge in [0.25, 0.3) is 0 Å². The Kier molecular flexibility index (Phi) is 4.08. The van der Waals surface area contributed by atoms with Gasteiger partial charge in [-0.1, -0.05) is 18.0 Å². The first-order valence-electron chi connectivity index (χ1n) is 5.85. The van der Waals surface area contributed by atoms with Crippen LogP contribution in [0.15, 0.2) is 10.9 Å². The Morgan fingerprint density at radius 1 is 1.59 bits per heavy atom. The smallest absolute Gasteiger partial charge is 0.319 e. The van der Waals surface area contributed by atoms with Crippen LogP contribution in [-0.2, 0) is 16.1 Å². The van der Waals surface area contributed by atoms with Crippen LogP contribution in [0.25, 0.3) is 0 Å². The summed E-state index contributed by atoms with van der Waals surface area (Å²) in [5, 5.41) is 3.78. The van der Waals surface area contributed by atoms with Crippen molar-refractivity contribution < 1.29 is 14.1 Å². The molecule has 1 aliphatic carbocycles. The number of hydrogen-bond donors (Lipinski definition) is 0. The van der Waals surface area contributed by atoms with Crippen LogP contribution in [0.3, 0.4) is 0 Å². The van der Waals surface area contributed by atoms with Gasteiger partial charge in [0.2, 0.25) is 6.39 Å². The lowest BCUT2D eigenvalue weighted by atomic mass is 10.2. The minimum atomic E-state index is -0.222. The number of rotatable bonds is 5. The molecule has 1 heterocycles. The van der Waals surface area contributed by atoms with Gasteiger partial charge in [-0.25, -0.2) is 0 Å². The van der Waals surface area contributed by atoms with Crippen LogP contribution >= 0.6 is 0 Å². The first-order chi connectivity index (χ1) is 8.29. The molecule has 17 heavy (non-hydrogen) atoms. The Morgan fingerprint density at radius 3 is 2.94 bits per heavy atom. The third-order valence-electron chi connectivity index (χ3n) is 3.15. The van der Waals surface area contributed by atoms with E-state index in [9.17, 15) is 4.79 Å². The Morgan fingerprint density at radius 2 is 2.35 bits per heavy atom. The highest BCUT2D eigenvalue weighted by Gasteiger charge is 2.25. The fourth-order valence-corrected chi connectivity index (χ4v) is 2.26. The number of nitrogens with zero attached hydrogens (tertiary/aromatic N) is 3. The van der Waals surface area contributed by atoms with Crippen molar-refractivity contribution in [1.82, 2.24) is 15.0 Å². The molecule has 0 saturated heterocycles. The topological polar surface area (TPSA) is 68.5 Å². The summed E-state index contributed by atoms with van der Waals surface area (Å²) in [6.45, 7) is 0.825. The minimum absolute atomic E-state index is 0.222. The van der Waals surface area contributed by atoms with Gasteiger partial charge in [0.1, 0.15) is 0 Å².